The van der Waals surface area contributed by atoms with E-state index < -0.39 is 17.6 Å². The van der Waals surface area contributed by atoms with E-state index in [1.807, 2.05) is 6.92 Å². The largest absolute Gasteiger partial charge is 0.481 e. The lowest BCUT2D eigenvalue weighted by atomic mass is 9.89. The first-order valence-corrected chi connectivity index (χ1v) is 7.56. The summed E-state index contributed by atoms with van der Waals surface area (Å²) in [4.78, 5) is 37.3. The van der Waals surface area contributed by atoms with Gasteiger partial charge < -0.3 is 20.6 Å². The maximum atomic E-state index is 12.9. The molecule has 7 heteroatoms. The highest BCUT2D eigenvalue weighted by atomic mass is 16.4. The van der Waals surface area contributed by atoms with E-state index in [4.69, 9.17) is 5.11 Å². The van der Waals surface area contributed by atoms with Crippen LogP contribution >= 0.6 is 0 Å². The number of nitrogens with zero attached hydrogens (tertiary/aromatic N) is 1. The van der Waals surface area contributed by atoms with E-state index in [1.165, 1.54) is 4.90 Å². The van der Waals surface area contributed by atoms with Gasteiger partial charge in [-0.1, -0.05) is 13.3 Å². The van der Waals surface area contributed by atoms with Gasteiger partial charge in [0, 0.05) is 13.1 Å². The van der Waals surface area contributed by atoms with Gasteiger partial charge in [0.25, 0.3) is 0 Å². The van der Waals surface area contributed by atoms with Gasteiger partial charge in [0.15, 0.2) is 0 Å². The summed E-state index contributed by atoms with van der Waals surface area (Å²) < 4.78 is 0. The van der Waals surface area contributed by atoms with E-state index in [0.717, 1.165) is 25.8 Å². The smallest absolute Gasteiger partial charge is 0.305 e. The van der Waals surface area contributed by atoms with E-state index in [9.17, 15) is 14.4 Å². The number of carboxylic acid groups (broad SMARTS) is 1. The van der Waals surface area contributed by atoms with Crippen molar-refractivity contribution < 1.29 is 19.5 Å². The van der Waals surface area contributed by atoms with Crippen LogP contribution in [0.2, 0.25) is 0 Å². The van der Waals surface area contributed by atoms with Crippen LogP contribution < -0.4 is 10.6 Å². The molecule has 21 heavy (non-hydrogen) atoms. The van der Waals surface area contributed by atoms with Gasteiger partial charge >= 0.3 is 5.97 Å². The van der Waals surface area contributed by atoms with E-state index in [2.05, 4.69) is 10.6 Å². The zero-order valence-electron chi connectivity index (χ0n) is 12.4. The van der Waals surface area contributed by atoms with Gasteiger partial charge in [0.2, 0.25) is 11.8 Å². The summed E-state index contributed by atoms with van der Waals surface area (Å²) >= 11 is 0. The number of nitrogens with one attached hydrogen (secondary N) is 2. The minimum atomic E-state index is -1.07. The number of rotatable bonds is 5. The lowest BCUT2D eigenvalue weighted by molar-refractivity contribution is -0.152. The van der Waals surface area contributed by atoms with Crippen molar-refractivity contribution in [3.05, 3.63) is 0 Å². The molecule has 0 aromatic carbocycles. The number of hydrogen-bond acceptors (Lipinski definition) is 4. The zero-order valence-corrected chi connectivity index (χ0v) is 12.4. The van der Waals surface area contributed by atoms with Gasteiger partial charge in [-0.15, -0.1) is 0 Å². The van der Waals surface area contributed by atoms with Crippen LogP contribution in [0.3, 0.4) is 0 Å². The summed E-state index contributed by atoms with van der Waals surface area (Å²) in [6.45, 7) is 3.56. The predicted molar refractivity (Wildman–Crippen MR) is 75.6 cm³/mol. The Morgan fingerprint density at radius 3 is 2.76 bits per heavy atom. The van der Waals surface area contributed by atoms with Crippen molar-refractivity contribution >= 4 is 17.8 Å². The molecular weight excluding hydrogens is 274 g/mol. The van der Waals surface area contributed by atoms with Crippen LogP contribution in [0.5, 0.6) is 0 Å². The molecule has 2 aliphatic heterocycles. The molecule has 2 saturated heterocycles. The number of hydrogen-bond donors (Lipinski definition) is 3. The molecule has 2 heterocycles. The van der Waals surface area contributed by atoms with Crippen molar-refractivity contribution in [1.82, 2.24) is 15.5 Å². The summed E-state index contributed by atoms with van der Waals surface area (Å²) in [6, 6.07) is -0.903. The first-order chi connectivity index (χ1) is 10.00. The lowest BCUT2D eigenvalue weighted by Crippen LogP contribution is -2.64. The maximum Gasteiger partial charge on any atom is 0.305 e. The third kappa shape index (κ3) is 3.18. The van der Waals surface area contributed by atoms with Crippen LogP contribution in [0.1, 0.15) is 39.0 Å². The van der Waals surface area contributed by atoms with Gasteiger partial charge in [-0.3, -0.25) is 14.4 Å². The Morgan fingerprint density at radius 1 is 1.43 bits per heavy atom. The maximum absolute atomic E-state index is 12.9. The zero-order chi connectivity index (χ0) is 15.5. The topological polar surface area (TPSA) is 98.7 Å². The van der Waals surface area contributed by atoms with Crippen molar-refractivity contribution in [3.63, 3.8) is 0 Å². The summed E-state index contributed by atoms with van der Waals surface area (Å²) in [5, 5.41) is 14.9. The van der Waals surface area contributed by atoms with E-state index in [1.54, 1.807) is 0 Å². The minimum Gasteiger partial charge on any atom is -0.481 e. The summed E-state index contributed by atoms with van der Waals surface area (Å²) in [7, 11) is 0. The highest BCUT2D eigenvalue weighted by Gasteiger charge is 2.46. The molecule has 0 aromatic heterocycles. The molecule has 0 spiro atoms. The molecule has 3 N–H and O–H groups in total. The van der Waals surface area contributed by atoms with Crippen molar-refractivity contribution in [2.24, 2.45) is 0 Å². The Labute approximate surface area is 124 Å². The Morgan fingerprint density at radius 2 is 2.19 bits per heavy atom. The SMILES string of the molecule is CCCC1(C(=O)N2CCNC(=O)C2CC(=O)O)CCCN1. The van der Waals surface area contributed by atoms with Gasteiger partial charge in [0.1, 0.15) is 6.04 Å². The molecule has 0 radical (unpaired) electrons. The van der Waals surface area contributed by atoms with Crippen LogP contribution in [-0.2, 0) is 14.4 Å². The van der Waals surface area contributed by atoms with Crippen LogP contribution in [0, 0.1) is 0 Å². The quantitative estimate of drug-likeness (QED) is 0.648. The fraction of sp³-hybridized carbons (Fsp3) is 0.786. The monoisotopic (exact) mass is 297 g/mol. The molecule has 2 amide bonds. The highest BCUT2D eigenvalue weighted by Crippen LogP contribution is 2.28. The molecule has 2 aliphatic rings. The lowest BCUT2D eigenvalue weighted by Gasteiger charge is -2.40. The Hall–Kier alpha value is -1.63. The first kappa shape index (κ1) is 15.8. The van der Waals surface area contributed by atoms with Crippen molar-refractivity contribution in [1.29, 1.82) is 0 Å². The molecule has 0 saturated carbocycles. The molecule has 0 aliphatic carbocycles. The number of carbonyl (C=O) groups excluding carboxylic acids is 2. The van der Waals surface area contributed by atoms with Crippen LogP contribution in [0.4, 0.5) is 0 Å². The number of aliphatic carboxylic acids is 1. The molecule has 0 aromatic rings. The number of amides is 2. The molecule has 2 fully saturated rings. The third-order valence-corrected chi connectivity index (χ3v) is 4.29. The fourth-order valence-corrected chi connectivity index (χ4v) is 3.34. The van der Waals surface area contributed by atoms with E-state index in [-0.39, 0.29) is 18.2 Å². The normalized spacial score (nSPS) is 29.3. The second kappa shape index (κ2) is 6.43. The van der Waals surface area contributed by atoms with Gasteiger partial charge in [-0.25, -0.2) is 0 Å². The standard InChI is InChI=1S/C14H23N3O4/c1-2-4-14(5-3-6-16-14)13(21)17-8-7-15-12(20)10(17)9-11(18)19/h10,16H,2-9H2,1H3,(H,15,20)(H,18,19). The van der Waals surface area contributed by atoms with Crippen molar-refractivity contribution in [2.75, 3.05) is 19.6 Å². The summed E-state index contributed by atoms with van der Waals surface area (Å²) in [6.07, 6.45) is 2.90. The van der Waals surface area contributed by atoms with Crippen LogP contribution in [-0.4, -0.2) is 59.0 Å². The van der Waals surface area contributed by atoms with Gasteiger partial charge in [0.05, 0.1) is 12.0 Å². The number of carboxylic acids is 1. The molecular formula is C14H23N3O4. The van der Waals surface area contributed by atoms with Gasteiger partial charge in [-0.05, 0) is 25.8 Å². The summed E-state index contributed by atoms with van der Waals surface area (Å²) in [5.41, 5.74) is -0.622. The number of piperazine rings is 1. The van der Waals surface area contributed by atoms with Gasteiger partial charge in [-0.2, -0.15) is 0 Å². The number of carbonyl (C=O) groups is 3. The Kier molecular flexibility index (Phi) is 4.82. The van der Waals surface area contributed by atoms with Crippen LogP contribution in [0.15, 0.2) is 0 Å². The first-order valence-electron chi connectivity index (χ1n) is 7.56. The molecule has 0 bridgehead atoms. The van der Waals surface area contributed by atoms with Crippen molar-refractivity contribution in [2.45, 2.75) is 50.6 Å². The average Bonchev–Trinajstić information content (AvgIpc) is 2.90. The van der Waals surface area contributed by atoms with E-state index >= 15 is 0 Å². The minimum absolute atomic E-state index is 0.122. The summed E-state index contributed by atoms with van der Waals surface area (Å²) in [5.74, 6) is -1.57. The molecule has 118 valence electrons. The second-order valence-electron chi connectivity index (χ2n) is 5.77. The Bertz CT molecular complexity index is 432. The molecule has 7 nitrogen and oxygen atoms in total. The van der Waals surface area contributed by atoms with Crippen LogP contribution in [0.25, 0.3) is 0 Å². The highest BCUT2D eigenvalue weighted by molar-refractivity contribution is 5.95. The third-order valence-electron chi connectivity index (χ3n) is 4.29. The molecule has 2 unspecified atom stereocenters. The average molecular weight is 297 g/mol. The van der Waals surface area contributed by atoms with E-state index in [0.29, 0.717) is 19.5 Å². The predicted octanol–water partition coefficient (Wildman–Crippen LogP) is -0.290. The molecule has 2 rings (SSSR count). The fourth-order valence-electron chi connectivity index (χ4n) is 3.34. The molecule has 2 atom stereocenters. The van der Waals surface area contributed by atoms with Crippen molar-refractivity contribution in [3.8, 4) is 0 Å². The Balaban J connectivity index is 2.21. The second-order valence-corrected chi connectivity index (χ2v) is 5.77.